The number of halogens is 1. The third-order valence-corrected chi connectivity index (χ3v) is 2.69. The first-order valence-corrected chi connectivity index (χ1v) is 5.84. The summed E-state index contributed by atoms with van der Waals surface area (Å²) in [6, 6.07) is 15.5. The van der Waals surface area contributed by atoms with Crippen LogP contribution in [-0.4, -0.2) is 11.0 Å². The van der Waals surface area contributed by atoms with Crippen molar-refractivity contribution in [2.24, 2.45) is 0 Å². The summed E-state index contributed by atoms with van der Waals surface area (Å²) >= 11 is 5.81. The monoisotopic (exact) mass is 261 g/mol. The Balaban J connectivity index is 2.09. The van der Waals surface area contributed by atoms with E-state index in [9.17, 15) is 9.90 Å². The number of amides is 1. The zero-order valence-corrected chi connectivity index (χ0v) is 10.3. The van der Waals surface area contributed by atoms with Crippen LogP contribution in [0.5, 0.6) is 0 Å². The number of nitrogens with one attached hydrogen (secondary N) is 1. The summed E-state index contributed by atoms with van der Waals surface area (Å²) in [5.74, 6) is -0.483. The Morgan fingerprint density at radius 1 is 1.11 bits per heavy atom. The van der Waals surface area contributed by atoms with Gasteiger partial charge in [0.25, 0.3) is 5.91 Å². The minimum atomic E-state index is -1.19. The highest BCUT2D eigenvalue weighted by molar-refractivity contribution is 6.30. The van der Waals surface area contributed by atoms with Crippen molar-refractivity contribution >= 4 is 23.2 Å². The van der Waals surface area contributed by atoms with Gasteiger partial charge in [-0.3, -0.25) is 4.79 Å². The number of aliphatic hydroxyl groups excluding tert-OH is 1. The average Bonchev–Trinajstić information content (AvgIpc) is 2.39. The van der Waals surface area contributed by atoms with Crippen LogP contribution in [0.1, 0.15) is 11.7 Å². The second-order valence-electron chi connectivity index (χ2n) is 3.81. The molecule has 0 aliphatic rings. The molecule has 1 amide bonds. The molecule has 3 nitrogen and oxygen atoms in total. The topological polar surface area (TPSA) is 49.3 Å². The van der Waals surface area contributed by atoms with Crippen LogP contribution in [-0.2, 0) is 4.79 Å². The first-order chi connectivity index (χ1) is 8.66. The Morgan fingerprint density at radius 3 is 2.50 bits per heavy atom. The van der Waals surface area contributed by atoms with Crippen LogP contribution in [0.4, 0.5) is 5.69 Å². The molecule has 0 unspecified atom stereocenters. The molecule has 0 fully saturated rings. The largest absolute Gasteiger partial charge is 0.378 e. The Bertz CT molecular complexity index is 543. The summed E-state index contributed by atoms with van der Waals surface area (Å²) in [7, 11) is 0. The highest BCUT2D eigenvalue weighted by Gasteiger charge is 2.16. The zero-order valence-electron chi connectivity index (χ0n) is 9.51. The summed E-state index contributed by atoms with van der Waals surface area (Å²) in [4.78, 5) is 11.8. The molecule has 0 aliphatic carbocycles. The number of carbonyl (C=O) groups is 1. The maximum absolute atomic E-state index is 11.8. The number of benzene rings is 2. The van der Waals surface area contributed by atoms with Crippen LogP contribution in [0, 0.1) is 0 Å². The normalized spacial score (nSPS) is 11.9. The molecule has 4 heteroatoms. The van der Waals surface area contributed by atoms with Crippen molar-refractivity contribution in [3.8, 4) is 0 Å². The van der Waals surface area contributed by atoms with E-state index in [-0.39, 0.29) is 0 Å². The molecule has 92 valence electrons. The van der Waals surface area contributed by atoms with Crippen LogP contribution < -0.4 is 5.32 Å². The highest BCUT2D eigenvalue weighted by atomic mass is 35.5. The fraction of sp³-hybridized carbons (Fsp3) is 0.0714. The lowest BCUT2D eigenvalue weighted by Crippen LogP contribution is -2.20. The quantitative estimate of drug-likeness (QED) is 0.892. The highest BCUT2D eigenvalue weighted by Crippen LogP contribution is 2.18. The second kappa shape index (κ2) is 5.67. The fourth-order valence-corrected chi connectivity index (χ4v) is 1.75. The fourth-order valence-electron chi connectivity index (χ4n) is 1.56. The SMILES string of the molecule is O=C(Nc1cccc(Cl)c1)[C@H](O)c1ccccc1. The molecule has 0 aliphatic heterocycles. The van der Waals surface area contributed by atoms with E-state index < -0.39 is 12.0 Å². The van der Waals surface area contributed by atoms with E-state index in [2.05, 4.69) is 5.32 Å². The maximum Gasteiger partial charge on any atom is 0.257 e. The van der Waals surface area contributed by atoms with Crippen molar-refractivity contribution in [3.63, 3.8) is 0 Å². The summed E-state index contributed by atoms with van der Waals surface area (Å²) in [5, 5.41) is 13.0. The van der Waals surface area contributed by atoms with Crippen LogP contribution in [0.15, 0.2) is 54.6 Å². The summed E-state index contributed by atoms with van der Waals surface area (Å²) < 4.78 is 0. The van der Waals surface area contributed by atoms with Gasteiger partial charge in [0.05, 0.1) is 0 Å². The van der Waals surface area contributed by atoms with Crippen LogP contribution in [0.25, 0.3) is 0 Å². The number of aliphatic hydroxyl groups is 1. The first kappa shape index (κ1) is 12.6. The summed E-state index contributed by atoms with van der Waals surface area (Å²) in [6.07, 6.45) is -1.19. The first-order valence-electron chi connectivity index (χ1n) is 5.46. The van der Waals surface area contributed by atoms with Crippen molar-refractivity contribution in [2.45, 2.75) is 6.10 Å². The zero-order chi connectivity index (χ0) is 13.0. The lowest BCUT2D eigenvalue weighted by atomic mass is 10.1. The molecule has 0 heterocycles. The van der Waals surface area contributed by atoms with Crippen molar-refractivity contribution in [3.05, 3.63) is 65.2 Å². The van der Waals surface area contributed by atoms with Gasteiger partial charge in [-0.1, -0.05) is 48.0 Å². The van der Waals surface area contributed by atoms with Gasteiger partial charge in [0.2, 0.25) is 0 Å². The van der Waals surface area contributed by atoms with E-state index in [4.69, 9.17) is 11.6 Å². The van der Waals surface area contributed by atoms with Crippen LogP contribution in [0.2, 0.25) is 5.02 Å². The van der Waals surface area contributed by atoms with Gasteiger partial charge in [-0.2, -0.15) is 0 Å². The Morgan fingerprint density at radius 2 is 1.83 bits per heavy atom. The molecule has 0 saturated carbocycles. The molecule has 2 aromatic carbocycles. The predicted octanol–water partition coefficient (Wildman–Crippen LogP) is 3.01. The number of hydrogen-bond donors (Lipinski definition) is 2. The van der Waals surface area contributed by atoms with E-state index in [1.807, 2.05) is 6.07 Å². The van der Waals surface area contributed by atoms with Gasteiger partial charge < -0.3 is 10.4 Å². The molecule has 2 rings (SSSR count). The molecule has 0 aromatic heterocycles. The van der Waals surface area contributed by atoms with Gasteiger partial charge in [0.1, 0.15) is 0 Å². The van der Waals surface area contributed by atoms with Crippen molar-refractivity contribution in [1.82, 2.24) is 0 Å². The minimum absolute atomic E-state index is 0.483. The van der Waals surface area contributed by atoms with Gasteiger partial charge in [0, 0.05) is 10.7 Å². The summed E-state index contributed by atoms with van der Waals surface area (Å²) in [5.41, 5.74) is 1.11. The molecule has 0 saturated heterocycles. The third-order valence-electron chi connectivity index (χ3n) is 2.46. The smallest absolute Gasteiger partial charge is 0.257 e. The average molecular weight is 262 g/mol. The van der Waals surface area contributed by atoms with E-state index in [1.54, 1.807) is 48.5 Å². The summed E-state index contributed by atoms with van der Waals surface area (Å²) in [6.45, 7) is 0. The minimum Gasteiger partial charge on any atom is -0.378 e. The number of anilines is 1. The standard InChI is InChI=1S/C14H12ClNO2/c15-11-7-4-8-12(9-11)16-14(18)13(17)10-5-2-1-3-6-10/h1-9,13,17H,(H,16,18)/t13-/m1/s1. The second-order valence-corrected chi connectivity index (χ2v) is 4.25. The van der Waals surface area contributed by atoms with Gasteiger partial charge in [-0.15, -0.1) is 0 Å². The predicted molar refractivity (Wildman–Crippen MR) is 71.5 cm³/mol. The molecule has 0 spiro atoms. The van der Waals surface area contributed by atoms with E-state index in [0.29, 0.717) is 16.3 Å². The Kier molecular flexibility index (Phi) is 3.97. The van der Waals surface area contributed by atoms with Crippen molar-refractivity contribution in [2.75, 3.05) is 5.32 Å². The molecular weight excluding hydrogens is 250 g/mol. The van der Waals surface area contributed by atoms with Crippen molar-refractivity contribution < 1.29 is 9.90 Å². The molecule has 2 N–H and O–H groups in total. The van der Waals surface area contributed by atoms with E-state index in [1.165, 1.54) is 0 Å². The third kappa shape index (κ3) is 3.09. The molecule has 0 bridgehead atoms. The van der Waals surface area contributed by atoms with Crippen LogP contribution >= 0.6 is 11.6 Å². The number of carbonyl (C=O) groups excluding carboxylic acids is 1. The van der Waals surface area contributed by atoms with Gasteiger partial charge in [0.15, 0.2) is 6.10 Å². The molecular formula is C14H12ClNO2. The lowest BCUT2D eigenvalue weighted by molar-refractivity contribution is -0.124. The van der Waals surface area contributed by atoms with Gasteiger partial charge in [-0.05, 0) is 23.8 Å². The molecule has 2 aromatic rings. The number of rotatable bonds is 3. The Hall–Kier alpha value is -1.84. The Labute approximate surface area is 110 Å². The molecule has 1 atom stereocenters. The molecule has 0 radical (unpaired) electrons. The van der Waals surface area contributed by atoms with Crippen molar-refractivity contribution in [1.29, 1.82) is 0 Å². The van der Waals surface area contributed by atoms with Gasteiger partial charge in [-0.25, -0.2) is 0 Å². The van der Waals surface area contributed by atoms with E-state index >= 15 is 0 Å². The van der Waals surface area contributed by atoms with E-state index in [0.717, 1.165) is 0 Å². The van der Waals surface area contributed by atoms with Gasteiger partial charge >= 0.3 is 0 Å². The van der Waals surface area contributed by atoms with Crippen LogP contribution in [0.3, 0.4) is 0 Å². The lowest BCUT2D eigenvalue weighted by Gasteiger charge is -2.11. The number of hydrogen-bond acceptors (Lipinski definition) is 2. The maximum atomic E-state index is 11.8. The molecule has 18 heavy (non-hydrogen) atoms.